The van der Waals surface area contributed by atoms with E-state index in [1.54, 1.807) is 19.0 Å². The summed E-state index contributed by atoms with van der Waals surface area (Å²) in [5, 5.41) is 76.6. The highest BCUT2D eigenvalue weighted by atomic mass is 79.9. The van der Waals surface area contributed by atoms with Crippen molar-refractivity contribution in [2.45, 2.75) is 152 Å². The number of pyridine rings is 3. The summed E-state index contributed by atoms with van der Waals surface area (Å²) in [6.45, 7) is 7.36. The Balaban J connectivity index is 0.000000118. The summed E-state index contributed by atoms with van der Waals surface area (Å²) in [5.74, 6) is 0.931. The number of aliphatic hydroxyl groups excluding tert-OH is 6. The van der Waals surface area contributed by atoms with Crippen molar-refractivity contribution in [1.29, 1.82) is 0 Å². The maximum absolute atomic E-state index is 11.2. The van der Waals surface area contributed by atoms with Gasteiger partial charge in [0.05, 0.1) is 109 Å². The molecule has 3 saturated heterocycles. The number of aromatic nitrogens is 12. The van der Waals surface area contributed by atoms with Gasteiger partial charge in [-0.25, -0.2) is 44.9 Å². The molecule has 11 N–H and O–H groups in total. The summed E-state index contributed by atoms with van der Waals surface area (Å²) < 4.78 is 20.7. The highest BCUT2D eigenvalue weighted by molar-refractivity contribution is 9.11. The summed E-state index contributed by atoms with van der Waals surface area (Å²) >= 11 is 16.5. The van der Waals surface area contributed by atoms with E-state index in [-0.39, 0.29) is 41.8 Å². The Morgan fingerprint density at radius 2 is 0.843 bits per heavy atom. The highest BCUT2D eigenvalue weighted by Gasteiger charge is 2.59. The number of fused-ring (bicyclic) bond motifs is 6. The minimum atomic E-state index is -0.889. The number of aliphatic hydroxyl groups is 6. The van der Waals surface area contributed by atoms with Gasteiger partial charge >= 0.3 is 0 Å². The first-order chi connectivity index (χ1) is 49.0. The molecule has 3 spiro atoms. The predicted octanol–water partition coefficient (Wildman–Crippen LogP) is 10.6. The fraction of sp³-hybridized carbons (Fsp3) is 0.400. The van der Waals surface area contributed by atoms with Gasteiger partial charge in [0.15, 0.2) is 0 Å². The minimum Gasteiger partial charge on any atom is -0.390 e. The third-order valence-corrected chi connectivity index (χ3v) is 25.3. The first-order valence-electron chi connectivity index (χ1n) is 34.4. The summed E-state index contributed by atoms with van der Waals surface area (Å²) in [5.41, 5.74) is 21.6. The van der Waals surface area contributed by atoms with Crippen molar-refractivity contribution in [2.24, 2.45) is 16.2 Å². The highest BCUT2D eigenvalue weighted by Crippen LogP contribution is 2.55. The topological polar surface area (TPSA) is 335 Å². The smallest absolute Gasteiger partial charge is 0.143 e. The standard InChI is InChI=1S/C25H25BrClN5O2.2C25H26BrN5O3/c1-13-17-4-5-32(24(17)30-12-29-13)20-10-25(22(34)21(20)33)9-16(28-11-25)6-14-2-3-15-8-18(26)23(27)31-19(15)7-14;2*1-13-17-4-5-31(24(17)29-12-28-13)20-10-25(22(33)21(20)32)9-16(34-11-25)6-14-2-3-15-8-18(26)23(27)30-19(15)7-14/h2-5,7-8,12,16,20-22,28,33-34H,6,9-11H2,1H3;2*2-5,7-8,12,16,20-22,32-33H,6,9-11H2,1H3,(H2,27,30)/t16-,20-,21+,22+,25+;16-,20+,21-,22-,25-;16-,20-,21+,22+,25+/m101/s1. The summed E-state index contributed by atoms with van der Waals surface area (Å²) in [6.07, 6.45) is 11.6. The van der Waals surface area contributed by atoms with Gasteiger partial charge in [-0.1, -0.05) is 48.0 Å². The van der Waals surface area contributed by atoms with Gasteiger partial charge in [0, 0.05) is 79.7 Å². The molecule has 0 radical (unpaired) electrons. The van der Waals surface area contributed by atoms with Crippen LogP contribution in [0.2, 0.25) is 5.15 Å². The van der Waals surface area contributed by atoms with Gasteiger partial charge in [0.25, 0.3) is 0 Å². The Kier molecular flexibility index (Phi) is 18.3. The summed E-state index contributed by atoms with van der Waals surface area (Å²) in [4.78, 5) is 39.6. The molecular formula is C75H77Br3ClN15O8. The lowest BCUT2D eigenvalue weighted by molar-refractivity contribution is -0.0308. The van der Waals surface area contributed by atoms with Crippen LogP contribution in [0.1, 0.15) is 90.4 Å². The number of ether oxygens (including phenoxy) is 2. The molecule has 3 aromatic carbocycles. The van der Waals surface area contributed by atoms with E-state index in [0.29, 0.717) is 81.5 Å². The van der Waals surface area contributed by atoms with Crippen molar-refractivity contribution in [3.63, 3.8) is 0 Å². The zero-order valence-electron chi connectivity index (χ0n) is 56.1. The van der Waals surface area contributed by atoms with Crippen LogP contribution in [0.15, 0.2) is 142 Å². The van der Waals surface area contributed by atoms with Crippen LogP contribution in [0.3, 0.4) is 0 Å². The number of nitrogens with one attached hydrogen (secondary N) is 1. The lowest BCUT2D eigenvalue weighted by Crippen LogP contribution is -2.38. The molecule has 0 bridgehead atoms. The van der Waals surface area contributed by atoms with E-state index >= 15 is 0 Å². The largest absolute Gasteiger partial charge is 0.390 e. The number of nitrogen functional groups attached to an aromatic ring is 2. The molecule has 9 aromatic heterocycles. The van der Waals surface area contributed by atoms with Gasteiger partial charge in [0.2, 0.25) is 0 Å². The SMILES string of the molecule is Cc1ncnc2c1ccn2[C@@H]1C[C@@]2(CN[C@H](Cc3ccc4cc(Br)c(Cl)nc4c3)C2)[C@@H](O)[C@H]1O.Cc1ncnc2c1ccn2[C@@H]1C[C@@]2(CO[C@@H](Cc3ccc4cc(Br)c(N)nc4c3)C2)[C@@H](O)[C@H]1O.Cc1ncnc2c1ccn2[C@@H]1C[C@@]2(CO[C@H](Cc3ccc4cc(Br)c(N)nc4c3)C2)[C@@H](O)[C@H]1O. The first kappa shape index (κ1) is 69.1. The maximum Gasteiger partial charge on any atom is 0.143 e. The Bertz CT molecular complexity index is 4740. The Morgan fingerprint density at radius 1 is 0.471 bits per heavy atom. The molecule has 12 heterocycles. The van der Waals surface area contributed by atoms with Gasteiger partial charge < -0.3 is 70.6 Å². The molecule has 528 valence electrons. The van der Waals surface area contributed by atoms with Gasteiger partial charge in [0.1, 0.15) is 71.0 Å². The molecule has 18 rings (SSSR count). The zero-order chi connectivity index (χ0) is 70.8. The van der Waals surface area contributed by atoms with Crippen LogP contribution in [0.4, 0.5) is 11.6 Å². The molecule has 3 aliphatic carbocycles. The molecule has 6 fully saturated rings. The molecule has 23 nitrogen and oxygen atoms in total. The number of hydrogen-bond acceptors (Lipinski definition) is 20. The van der Waals surface area contributed by atoms with Crippen LogP contribution in [-0.2, 0) is 28.7 Å². The number of hydrogen-bond donors (Lipinski definition) is 9. The zero-order valence-corrected chi connectivity index (χ0v) is 61.6. The number of nitrogens with zero attached hydrogens (tertiary/aromatic N) is 12. The minimum absolute atomic E-state index is 0.0446. The average Bonchev–Trinajstić information content (AvgIpc) is 1.59. The van der Waals surface area contributed by atoms with Crippen molar-refractivity contribution in [3.05, 3.63) is 181 Å². The molecule has 3 aliphatic heterocycles. The van der Waals surface area contributed by atoms with Gasteiger partial charge in [-0.2, -0.15) is 0 Å². The van der Waals surface area contributed by atoms with Crippen molar-refractivity contribution in [3.8, 4) is 0 Å². The molecule has 12 aromatic rings. The van der Waals surface area contributed by atoms with Crippen molar-refractivity contribution < 1.29 is 40.1 Å². The predicted molar refractivity (Wildman–Crippen MR) is 399 cm³/mol. The van der Waals surface area contributed by atoms with E-state index in [4.69, 9.17) is 32.5 Å². The number of anilines is 2. The molecule has 102 heavy (non-hydrogen) atoms. The molecule has 6 aliphatic rings. The molecule has 15 atom stereocenters. The third-order valence-electron chi connectivity index (χ3n) is 22.9. The van der Waals surface area contributed by atoms with Crippen LogP contribution >= 0.6 is 59.4 Å². The van der Waals surface area contributed by atoms with Gasteiger partial charge in [-0.3, -0.25) is 0 Å². The monoisotopic (exact) mass is 1590 g/mol. The van der Waals surface area contributed by atoms with Crippen LogP contribution in [0.5, 0.6) is 0 Å². The van der Waals surface area contributed by atoms with E-state index in [1.807, 2.05) is 114 Å². The maximum atomic E-state index is 11.2. The second-order valence-electron chi connectivity index (χ2n) is 29.2. The number of nitrogens with two attached hydrogens (primary N) is 2. The van der Waals surface area contributed by atoms with E-state index in [1.165, 1.54) is 5.56 Å². The first-order valence-corrected chi connectivity index (χ1v) is 37.1. The van der Waals surface area contributed by atoms with Crippen molar-refractivity contribution in [2.75, 3.05) is 31.2 Å². The van der Waals surface area contributed by atoms with Crippen LogP contribution in [0.25, 0.3) is 65.8 Å². The second kappa shape index (κ2) is 27.0. The molecule has 0 amide bonds. The van der Waals surface area contributed by atoms with Crippen LogP contribution in [0, 0.1) is 37.0 Å². The number of rotatable bonds is 9. The van der Waals surface area contributed by atoms with Gasteiger partial charge in [-0.05, 0) is 198 Å². The van der Waals surface area contributed by atoms with E-state index in [9.17, 15) is 30.6 Å². The van der Waals surface area contributed by atoms with E-state index in [2.05, 4.69) is 128 Å². The third kappa shape index (κ3) is 12.4. The fourth-order valence-electron chi connectivity index (χ4n) is 17.5. The summed E-state index contributed by atoms with van der Waals surface area (Å²) in [7, 11) is 0. The molecule has 0 unspecified atom stereocenters. The number of halogens is 4. The van der Waals surface area contributed by atoms with E-state index < -0.39 is 47.5 Å². The normalized spacial score (nSPS) is 29.1. The lowest BCUT2D eigenvalue weighted by atomic mass is 9.80. The fourth-order valence-corrected chi connectivity index (χ4v) is 18.7. The molecule has 3 saturated carbocycles. The van der Waals surface area contributed by atoms with E-state index in [0.717, 1.165) is 120 Å². The number of aryl methyl sites for hydroxylation is 3. The molecular weight excluding hydrogens is 1510 g/mol. The summed E-state index contributed by atoms with van der Waals surface area (Å²) in [6, 6.07) is 29.9. The van der Waals surface area contributed by atoms with Crippen LogP contribution in [-0.4, -0.2) is 164 Å². The van der Waals surface area contributed by atoms with Crippen molar-refractivity contribution in [1.82, 2.24) is 63.9 Å². The van der Waals surface area contributed by atoms with Crippen molar-refractivity contribution >= 4 is 137 Å². The molecule has 27 heteroatoms. The average molecular weight is 1590 g/mol. The Hall–Kier alpha value is -7.28. The lowest BCUT2D eigenvalue weighted by Gasteiger charge is -2.27. The quantitative estimate of drug-likeness (QED) is 0.0606. The number of benzene rings is 3. The van der Waals surface area contributed by atoms with Gasteiger partial charge in [-0.15, -0.1) is 0 Å². The Labute approximate surface area is 616 Å². The van der Waals surface area contributed by atoms with Crippen LogP contribution < -0.4 is 16.8 Å². The Morgan fingerprint density at radius 3 is 1.26 bits per heavy atom. The second-order valence-corrected chi connectivity index (χ2v) is 32.1.